The molecule has 5 heteroatoms. The van der Waals surface area contributed by atoms with Crippen LogP contribution in [0.15, 0.2) is 42.5 Å². The Morgan fingerprint density at radius 2 is 1.88 bits per heavy atom. The molecule has 1 aliphatic rings. The molecule has 0 spiro atoms. The van der Waals surface area contributed by atoms with Crippen LogP contribution in [0.25, 0.3) is 0 Å². The maximum atomic E-state index is 12.6. The molecule has 3 rings (SSSR count). The van der Waals surface area contributed by atoms with Crippen molar-refractivity contribution in [2.24, 2.45) is 0 Å². The van der Waals surface area contributed by atoms with Crippen molar-refractivity contribution < 1.29 is 14.3 Å². The van der Waals surface area contributed by atoms with Crippen LogP contribution >= 0.6 is 11.6 Å². The van der Waals surface area contributed by atoms with Gasteiger partial charge in [-0.1, -0.05) is 23.7 Å². The van der Waals surface area contributed by atoms with Crippen molar-refractivity contribution in [2.45, 2.75) is 19.4 Å². The fraction of sp³-hybridized carbons (Fsp3) is 0.316. The number of ether oxygens (including phenoxy) is 2. The highest BCUT2D eigenvalue weighted by atomic mass is 35.5. The van der Waals surface area contributed by atoms with E-state index in [0.717, 1.165) is 31.5 Å². The van der Waals surface area contributed by atoms with E-state index in [2.05, 4.69) is 0 Å². The third kappa shape index (κ3) is 3.65. The summed E-state index contributed by atoms with van der Waals surface area (Å²) in [6, 6.07) is 12.8. The second-order valence-corrected chi connectivity index (χ2v) is 6.15. The van der Waals surface area contributed by atoms with E-state index in [-0.39, 0.29) is 12.5 Å². The Hall–Kier alpha value is -2.20. The zero-order valence-electron chi connectivity index (χ0n) is 13.6. The number of para-hydroxylation sites is 1. The highest BCUT2D eigenvalue weighted by Gasteiger charge is 2.20. The first-order valence-electron chi connectivity index (χ1n) is 8.02. The van der Waals surface area contributed by atoms with Gasteiger partial charge >= 0.3 is 0 Å². The Morgan fingerprint density at radius 3 is 2.58 bits per heavy atom. The minimum atomic E-state index is 0.0640. The Bertz CT molecular complexity index is 726. The predicted molar refractivity (Wildman–Crippen MR) is 93.9 cm³/mol. The van der Waals surface area contributed by atoms with Gasteiger partial charge in [-0.3, -0.25) is 4.79 Å². The van der Waals surface area contributed by atoms with E-state index in [1.54, 1.807) is 19.2 Å². The molecule has 0 unspecified atom stereocenters. The standard InChI is InChI=1S/C19H20ClNO3/c1-23-17-9-8-14(19(22)21-10-4-5-11-21)12-15(17)13-24-18-7-3-2-6-16(18)20/h2-3,6-9,12H,4-5,10-11,13H2,1H3. The second-order valence-electron chi connectivity index (χ2n) is 5.75. The summed E-state index contributed by atoms with van der Waals surface area (Å²) in [6.07, 6.45) is 2.15. The minimum Gasteiger partial charge on any atom is -0.496 e. The Morgan fingerprint density at radius 1 is 1.12 bits per heavy atom. The molecule has 0 radical (unpaired) electrons. The number of carbonyl (C=O) groups is 1. The van der Waals surface area contributed by atoms with E-state index in [4.69, 9.17) is 21.1 Å². The second kappa shape index (κ2) is 7.58. The van der Waals surface area contributed by atoms with Gasteiger partial charge in [-0.05, 0) is 43.2 Å². The molecule has 1 amide bonds. The molecule has 4 nitrogen and oxygen atoms in total. The third-order valence-electron chi connectivity index (χ3n) is 4.14. The Kier molecular flexibility index (Phi) is 5.26. The molecule has 1 fully saturated rings. The topological polar surface area (TPSA) is 38.8 Å². The van der Waals surface area contributed by atoms with Crippen LogP contribution in [0.5, 0.6) is 11.5 Å². The van der Waals surface area contributed by atoms with Gasteiger partial charge in [0.2, 0.25) is 0 Å². The summed E-state index contributed by atoms with van der Waals surface area (Å²) in [5.74, 6) is 1.37. The zero-order chi connectivity index (χ0) is 16.9. The fourth-order valence-electron chi connectivity index (χ4n) is 2.84. The quantitative estimate of drug-likeness (QED) is 0.816. The SMILES string of the molecule is COc1ccc(C(=O)N2CCCC2)cc1COc1ccccc1Cl. The average Bonchev–Trinajstić information content (AvgIpc) is 3.15. The first kappa shape index (κ1) is 16.7. The largest absolute Gasteiger partial charge is 0.496 e. The minimum absolute atomic E-state index is 0.0640. The lowest BCUT2D eigenvalue weighted by atomic mass is 10.1. The maximum absolute atomic E-state index is 12.6. The molecule has 1 heterocycles. The van der Waals surface area contributed by atoms with Crippen molar-refractivity contribution in [3.8, 4) is 11.5 Å². The van der Waals surface area contributed by atoms with Crippen molar-refractivity contribution in [1.82, 2.24) is 4.90 Å². The molecule has 0 atom stereocenters. The van der Waals surface area contributed by atoms with Crippen molar-refractivity contribution in [3.63, 3.8) is 0 Å². The van der Waals surface area contributed by atoms with Crippen molar-refractivity contribution in [3.05, 3.63) is 58.6 Å². The van der Waals surface area contributed by atoms with Crippen LogP contribution in [0.2, 0.25) is 5.02 Å². The van der Waals surface area contributed by atoms with E-state index in [1.165, 1.54) is 0 Å². The number of methoxy groups -OCH3 is 1. The number of rotatable bonds is 5. The van der Waals surface area contributed by atoms with Gasteiger partial charge in [0.25, 0.3) is 5.91 Å². The van der Waals surface area contributed by atoms with Gasteiger partial charge in [0.1, 0.15) is 18.1 Å². The number of amides is 1. The molecular weight excluding hydrogens is 326 g/mol. The molecule has 0 bridgehead atoms. The summed E-state index contributed by atoms with van der Waals surface area (Å²) in [7, 11) is 1.61. The predicted octanol–water partition coefficient (Wildman–Crippen LogP) is 4.16. The number of nitrogens with zero attached hydrogens (tertiary/aromatic N) is 1. The van der Waals surface area contributed by atoms with E-state index in [0.29, 0.717) is 22.1 Å². The van der Waals surface area contributed by atoms with E-state index >= 15 is 0 Å². The van der Waals surface area contributed by atoms with Gasteiger partial charge in [0.05, 0.1) is 12.1 Å². The number of hydrogen-bond acceptors (Lipinski definition) is 3. The number of hydrogen-bond donors (Lipinski definition) is 0. The first-order valence-corrected chi connectivity index (χ1v) is 8.40. The van der Waals surface area contributed by atoms with Gasteiger partial charge in [-0.15, -0.1) is 0 Å². The van der Waals surface area contributed by atoms with Crippen molar-refractivity contribution in [2.75, 3.05) is 20.2 Å². The lowest BCUT2D eigenvalue weighted by molar-refractivity contribution is 0.0792. The van der Waals surface area contributed by atoms with Crippen LogP contribution in [0.4, 0.5) is 0 Å². The highest BCUT2D eigenvalue weighted by Crippen LogP contribution is 2.27. The summed E-state index contributed by atoms with van der Waals surface area (Å²) in [5, 5.41) is 0.556. The number of halogens is 1. The van der Waals surface area contributed by atoms with Crippen LogP contribution in [0.1, 0.15) is 28.8 Å². The van der Waals surface area contributed by atoms with Gasteiger partial charge < -0.3 is 14.4 Å². The van der Waals surface area contributed by atoms with Gasteiger partial charge in [0.15, 0.2) is 0 Å². The third-order valence-corrected chi connectivity index (χ3v) is 4.45. The number of likely N-dealkylation sites (tertiary alicyclic amines) is 1. The van der Waals surface area contributed by atoms with E-state index < -0.39 is 0 Å². The fourth-order valence-corrected chi connectivity index (χ4v) is 3.03. The Balaban J connectivity index is 1.79. The molecule has 1 saturated heterocycles. The van der Waals surface area contributed by atoms with Crippen LogP contribution < -0.4 is 9.47 Å². The molecule has 0 saturated carbocycles. The summed E-state index contributed by atoms with van der Waals surface area (Å²) in [6.45, 7) is 1.95. The van der Waals surface area contributed by atoms with Gasteiger partial charge in [-0.25, -0.2) is 0 Å². The molecule has 0 aromatic heterocycles. The molecular formula is C19H20ClNO3. The molecule has 0 N–H and O–H groups in total. The van der Waals surface area contributed by atoms with Crippen LogP contribution in [-0.2, 0) is 6.61 Å². The van der Waals surface area contributed by atoms with Crippen molar-refractivity contribution >= 4 is 17.5 Å². The maximum Gasteiger partial charge on any atom is 0.253 e. The molecule has 2 aromatic rings. The van der Waals surface area contributed by atoms with Crippen molar-refractivity contribution in [1.29, 1.82) is 0 Å². The summed E-state index contributed by atoms with van der Waals surface area (Å²) >= 11 is 6.11. The Labute approximate surface area is 146 Å². The summed E-state index contributed by atoms with van der Waals surface area (Å²) in [5.41, 5.74) is 1.48. The lowest BCUT2D eigenvalue weighted by Gasteiger charge is -2.17. The highest BCUT2D eigenvalue weighted by molar-refractivity contribution is 6.32. The first-order chi connectivity index (χ1) is 11.7. The zero-order valence-corrected chi connectivity index (χ0v) is 14.4. The monoisotopic (exact) mass is 345 g/mol. The molecule has 2 aromatic carbocycles. The lowest BCUT2D eigenvalue weighted by Crippen LogP contribution is -2.27. The van der Waals surface area contributed by atoms with Crippen LogP contribution in [0, 0.1) is 0 Å². The number of carbonyl (C=O) groups excluding carboxylic acids is 1. The summed E-state index contributed by atoms with van der Waals surface area (Å²) in [4.78, 5) is 14.4. The molecule has 24 heavy (non-hydrogen) atoms. The van der Waals surface area contributed by atoms with Crippen LogP contribution in [-0.4, -0.2) is 31.0 Å². The average molecular weight is 346 g/mol. The number of benzene rings is 2. The van der Waals surface area contributed by atoms with E-state index in [9.17, 15) is 4.79 Å². The van der Waals surface area contributed by atoms with Gasteiger partial charge in [0, 0.05) is 24.2 Å². The van der Waals surface area contributed by atoms with Crippen LogP contribution in [0.3, 0.4) is 0 Å². The van der Waals surface area contributed by atoms with E-state index in [1.807, 2.05) is 35.2 Å². The molecule has 0 aliphatic carbocycles. The smallest absolute Gasteiger partial charge is 0.253 e. The van der Waals surface area contributed by atoms with Gasteiger partial charge in [-0.2, -0.15) is 0 Å². The normalized spacial score (nSPS) is 13.8. The summed E-state index contributed by atoms with van der Waals surface area (Å²) < 4.78 is 11.2. The molecule has 126 valence electrons. The molecule has 1 aliphatic heterocycles.